The van der Waals surface area contributed by atoms with Crippen molar-refractivity contribution in [2.75, 3.05) is 0 Å². The monoisotopic (exact) mass is 321 g/mol. The molecule has 0 aliphatic heterocycles. The normalized spacial score (nSPS) is 11.0. The van der Waals surface area contributed by atoms with E-state index in [1.165, 1.54) is 6.07 Å². The van der Waals surface area contributed by atoms with Gasteiger partial charge in [-0.25, -0.2) is 4.39 Å². The Bertz CT molecular complexity index is 975. The Kier molecular flexibility index (Phi) is 3.40. The molecule has 0 saturated carbocycles. The number of benzene rings is 3. The van der Waals surface area contributed by atoms with Gasteiger partial charge in [-0.1, -0.05) is 72.3 Å². The average molecular weight is 322 g/mol. The molecule has 4 rings (SSSR count). The number of hydrogen-bond donors (Lipinski definition) is 1. The lowest BCUT2D eigenvalue weighted by Crippen LogP contribution is -1.82. The molecule has 0 fully saturated rings. The summed E-state index contributed by atoms with van der Waals surface area (Å²) in [6.45, 7) is 0. The summed E-state index contributed by atoms with van der Waals surface area (Å²) < 4.78 is 13.8. The maximum absolute atomic E-state index is 13.8. The molecule has 4 aromatic rings. The van der Waals surface area contributed by atoms with E-state index in [0.29, 0.717) is 5.52 Å². The van der Waals surface area contributed by atoms with Crippen LogP contribution in [0.4, 0.5) is 4.39 Å². The molecule has 23 heavy (non-hydrogen) atoms. The summed E-state index contributed by atoms with van der Waals surface area (Å²) in [6, 6.07) is 23.3. The van der Waals surface area contributed by atoms with Crippen LogP contribution in [0.2, 0.25) is 5.02 Å². The van der Waals surface area contributed by atoms with E-state index in [-0.39, 0.29) is 5.02 Å². The van der Waals surface area contributed by atoms with Gasteiger partial charge >= 0.3 is 0 Å². The third kappa shape index (κ3) is 2.32. The van der Waals surface area contributed by atoms with Crippen molar-refractivity contribution in [3.8, 4) is 22.4 Å². The first-order valence-electron chi connectivity index (χ1n) is 7.36. The number of rotatable bonds is 2. The summed E-state index contributed by atoms with van der Waals surface area (Å²) in [4.78, 5) is 3.32. The van der Waals surface area contributed by atoms with Crippen LogP contribution in [-0.4, -0.2) is 4.98 Å². The maximum Gasteiger partial charge on any atom is 0.143 e. The second-order valence-electron chi connectivity index (χ2n) is 5.39. The molecule has 0 saturated heterocycles. The molecule has 0 amide bonds. The van der Waals surface area contributed by atoms with Crippen molar-refractivity contribution < 1.29 is 4.39 Å². The molecule has 0 aliphatic rings. The average Bonchev–Trinajstić information content (AvgIpc) is 3.00. The number of hydrogen-bond acceptors (Lipinski definition) is 0. The molecule has 3 aromatic carbocycles. The fourth-order valence-electron chi connectivity index (χ4n) is 2.93. The highest BCUT2D eigenvalue weighted by Crippen LogP contribution is 2.40. The topological polar surface area (TPSA) is 15.8 Å². The van der Waals surface area contributed by atoms with E-state index in [1.54, 1.807) is 6.07 Å². The van der Waals surface area contributed by atoms with Crippen LogP contribution in [-0.2, 0) is 0 Å². The third-order valence-corrected chi connectivity index (χ3v) is 4.36. The number of aromatic nitrogens is 1. The molecule has 0 spiro atoms. The van der Waals surface area contributed by atoms with Crippen LogP contribution in [0.1, 0.15) is 0 Å². The Balaban J connectivity index is 2.11. The zero-order chi connectivity index (χ0) is 15.8. The molecule has 3 heteroatoms. The first kappa shape index (κ1) is 14.0. The van der Waals surface area contributed by atoms with Crippen LogP contribution >= 0.6 is 11.6 Å². The molecule has 0 bridgehead atoms. The summed E-state index contributed by atoms with van der Waals surface area (Å²) in [5.74, 6) is -0.417. The van der Waals surface area contributed by atoms with Gasteiger partial charge in [0.05, 0.1) is 11.2 Å². The Morgan fingerprint density at radius 2 is 1.35 bits per heavy atom. The van der Waals surface area contributed by atoms with Gasteiger partial charge in [0, 0.05) is 10.9 Å². The van der Waals surface area contributed by atoms with E-state index in [1.807, 2.05) is 60.7 Å². The molecule has 1 heterocycles. The van der Waals surface area contributed by atoms with E-state index in [0.717, 1.165) is 27.8 Å². The summed E-state index contributed by atoms with van der Waals surface area (Å²) in [5, 5.41) is 1.04. The SMILES string of the molecule is Fc1ccc2c(-c3ccccc3)c(-c3ccccc3)[nH]c2c1Cl. The van der Waals surface area contributed by atoms with Crippen molar-refractivity contribution in [2.45, 2.75) is 0 Å². The van der Waals surface area contributed by atoms with Gasteiger partial charge in [-0.15, -0.1) is 0 Å². The number of aromatic amines is 1. The molecule has 112 valence electrons. The van der Waals surface area contributed by atoms with Crippen LogP contribution in [0, 0.1) is 5.82 Å². The predicted octanol–water partition coefficient (Wildman–Crippen LogP) is 6.29. The zero-order valence-electron chi connectivity index (χ0n) is 12.2. The van der Waals surface area contributed by atoms with E-state index < -0.39 is 5.82 Å². The Morgan fingerprint density at radius 1 is 0.739 bits per heavy atom. The quantitative estimate of drug-likeness (QED) is 0.446. The summed E-state index contributed by atoms with van der Waals surface area (Å²) >= 11 is 6.18. The molecule has 1 aromatic heterocycles. The van der Waals surface area contributed by atoms with Gasteiger partial charge in [0.1, 0.15) is 10.8 Å². The molecular weight excluding hydrogens is 309 g/mol. The molecule has 0 aliphatic carbocycles. The highest BCUT2D eigenvalue weighted by molar-refractivity contribution is 6.36. The lowest BCUT2D eigenvalue weighted by Gasteiger charge is -2.05. The van der Waals surface area contributed by atoms with Crippen LogP contribution in [0.25, 0.3) is 33.3 Å². The minimum Gasteiger partial charge on any atom is -0.353 e. The second kappa shape index (κ2) is 5.56. The summed E-state index contributed by atoms with van der Waals surface area (Å²) in [7, 11) is 0. The Hall–Kier alpha value is -2.58. The van der Waals surface area contributed by atoms with E-state index in [2.05, 4.69) is 4.98 Å². The fourth-order valence-corrected chi connectivity index (χ4v) is 3.14. The van der Waals surface area contributed by atoms with Gasteiger partial charge in [-0.2, -0.15) is 0 Å². The number of fused-ring (bicyclic) bond motifs is 1. The summed E-state index contributed by atoms with van der Waals surface area (Å²) in [5.41, 5.74) is 4.72. The maximum atomic E-state index is 13.8. The molecular formula is C20H13ClFN. The Morgan fingerprint density at radius 3 is 2.00 bits per heavy atom. The minimum atomic E-state index is -0.417. The molecule has 1 N–H and O–H groups in total. The molecule has 0 unspecified atom stereocenters. The molecule has 0 atom stereocenters. The van der Waals surface area contributed by atoms with Crippen molar-refractivity contribution >= 4 is 22.5 Å². The Labute approximate surface area is 138 Å². The van der Waals surface area contributed by atoms with Crippen LogP contribution < -0.4 is 0 Å². The van der Waals surface area contributed by atoms with Crippen LogP contribution in [0.3, 0.4) is 0 Å². The van der Waals surface area contributed by atoms with Gasteiger partial charge < -0.3 is 4.98 Å². The van der Waals surface area contributed by atoms with Gasteiger partial charge in [0.25, 0.3) is 0 Å². The van der Waals surface area contributed by atoms with Gasteiger partial charge in [-0.3, -0.25) is 0 Å². The van der Waals surface area contributed by atoms with Crippen molar-refractivity contribution in [3.63, 3.8) is 0 Å². The smallest absolute Gasteiger partial charge is 0.143 e. The number of H-pyrrole nitrogens is 1. The van der Waals surface area contributed by atoms with E-state index in [4.69, 9.17) is 11.6 Å². The van der Waals surface area contributed by atoms with E-state index >= 15 is 0 Å². The van der Waals surface area contributed by atoms with Gasteiger partial charge in [-0.05, 0) is 23.3 Å². The van der Waals surface area contributed by atoms with Crippen molar-refractivity contribution in [2.24, 2.45) is 0 Å². The van der Waals surface area contributed by atoms with Crippen molar-refractivity contribution in [1.82, 2.24) is 4.98 Å². The predicted molar refractivity (Wildman–Crippen MR) is 94.1 cm³/mol. The lowest BCUT2D eigenvalue weighted by atomic mass is 9.98. The minimum absolute atomic E-state index is 0.127. The van der Waals surface area contributed by atoms with Crippen molar-refractivity contribution in [3.05, 3.63) is 83.6 Å². The number of nitrogens with one attached hydrogen (secondary N) is 1. The van der Waals surface area contributed by atoms with Gasteiger partial charge in [0.15, 0.2) is 0 Å². The largest absolute Gasteiger partial charge is 0.353 e. The van der Waals surface area contributed by atoms with Crippen molar-refractivity contribution in [1.29, 1.82) is 0 Å². The summed E-state index contributed by atoms with van der Waals surface area (Å²) in [6.07, 6.45) is 0. The molecule has 0 radical (unpaired) electrons. The first-order chi connectivity index (χ1) is 11.3. The zero-order valence-corrected chi connectivity index (χ0v) is 12.9. The van der Waals surface area contributed by atoms with Gasteiger partial charge in [0.2, 0.25) is 0 Å². The fraction of sp³-hybridized carbons (Fsp3) is 0. The van der Waals surface area contributed by atoms with Crippen LogP contribution in [0.5, 0.6) is 0 Å². The number of halogens is 2. The lowest BCUT2D eigenvalue weighted by molar-refractivity contribution is 0.630. The second-order valence-corrected chi connectivity index (χ2v) is 5.77. The first-order valence-corrected chi connectivity index (χ1v) is 7.74. The van der Waals surface area contributed by atoms with E-state index in [9.17, 15) is 4.39 Å². The van der Waals surface area contributed by atoms with Crippen LogP contribution in [0.15, 0.2) is 72.8 Å². The highest BCUT2D eigenvalue weighted by Gasteiger charge is 2.18. The highest BCUT2D eigenvalue weighted by atomic mass is 35.5. The standard InChI is InChI=1S/C20H13ClFN/c21-18-16(22)12-11-15-17(13-7-3-1-4-8-13)19(23-20(15)18)14-9-5-2-6-10-14/h1-12,23H. The third-order valence-electron chi connectivity index (χ3n) is 3.99. The molecule has 1 nitrogen and oxygen atoms in total.